The van der Waals surface area contributed by atoms with Gasteiger partial charge in [-0.25, -0.2) is 0 Å². The summed E-state index contributed by atoms with van der Waals surface area (Å²) in [6, 6.07) is 7.44. The van der Waals surface area contributed by atoms with E-state index in [-0.39, 0.29) is 34.6 Å². The van der Waals surface area contributed by atoms with Gasteiger partial charge in [0.2, 0.25) is 5.91 Å². The molecule has 2 heterocycles. The third-order valence-corrected chi connectivity index (χ3v) is 6.28. The fraction of sp³-hybridized carbons (Fsp3) is 0.158. The molecule has 0 radical (unpaired) electrons. The van der Waals surface area contributed by atoms with Gasteiger partial charge in [-0.1, -0.05) is 30.0 Å². The van der Waals surface area contributed by atoms with Gasteiger partial charge in [-0.15, -0.1) is 11.3 Å². The molecule has 10 heteroatoms. The topological polar surface area (TPSA) is 98.2 Å². The second-order valence-corrected chi connectivity index (χ2v) is 8.81. The molecule has 3 rings (SSSR count). The average Bonchev–Trinajstić information content (AvgIpc) is 3.28. The normalized spacial score (nSPS) is 15.2. The molecule has 0 atom stereocenters. The maximum Gasteiger partial charge on any atom is 0.266 e. The maximum atomic E-state index is 12.6. The number of amides is 2. The van der Waals surface area contributed by atoms with E-state index in [0.717, 1.165) is 22.7 Å². The van der Waals surface area contributed by atoms with Crippen molar-refractivity contribution in [3.8, 4) is 11.5 Å². The molecule has 0 spiro atoms. The molecule has 1 aliphatic rings. The maximum absolute atomic E-state index is 12.6. The zero-order valence-electron chi connectivity index (χ0n) is 15.2. The highest BCUT2D eigenvalue weighted by atomic mass is 32.2. The molecule has 150 valence electrons. The number of hydrogen-bond acceptors (Lipinski definition) is 8. The fourth-order valence-electron chi connectivity index (χ4n) is 2.49. The van der Waals surface area contributed by atoms with E-state index in [0.29, 0.717) is 4.91 Å². The minimum absolute atomic E-state index is 0.157. The molecule has 0 aliphatic carbocycles. The zero-order chi connectivity index (χ0) is 21.1. The molecule has 1 saturated heterocycles. The molecule has 29 heavy (non-hydrogen) atoms. The Kier molecular flexibility index (Phi) is 6.36. The number of hydrogen-bond donors (Lipinski definition) is 2. The number of carbonyl (C=O) groups excluding carboxylic acids is 3. The molecular weight excluding hydrogens is 432 g/mol. The lowest BCUT2D eigenvalue weighted by atomic mass is 10.1. The first kappa shape index (κ1) is 21.0. The molecule has 1 aromatic heterocycles. The fourth-order valence-corrected chi connectivity index (χ4v) is 4.46. The highest BCUT2D eigenvalue weighted by molar-refractivity contribution is 8.26. The number of nitrogens with zero attached hydrogens (tertiary/aromatic N) is 2. The molecule has 2 amide bonds. The summed E-state index contributed by atoms with van der Waals surface area (Å²) in [6.07, 6.45) is 1.74. The first-order valence-corrected chi connectivity index (χ1v) is 10.4. The minimum Gasteiger partial charge on any atom is -0.504 e. The molecule has 7 nitrogen and oxygen atoms in total. The summed E-state index contributed by atoms with van der Waals surface area (Å²) >= 11 is 7.85. The number of carbonyl (C=O) groups is 3. The minimum atomic E-state index is -0.449. The number of rotatable bonds is 6. The van der Waals surface area contributed by atoms with Crippen molar-refractivity contribution in [2.24, 2.45) is 0 Å². The molecule has 0 saturated carbocycles. The van der Waals surface area contributed by atoms with E-state index in [9.17, 15) is 24.6 Å². The van der Waals surface area contributed by atoms with Crippen molar-refractivity contribution in [1.82, 2.24) is 9.80 Å². The first-order valence-electron chi connectivity index (χ1n) is 8.34. The molecule has 1 aromatic carbocycles. The van der Waals surface area contributed by atoms with E-state index in [2.05, 4.69) is 0 Å². The van der Waals surface area contributed by atoms with Crippen molar-refractivity contribution in [3.05, 3.63) is 51.1 Å². The molecular formula is C19H16N2O5S3. The zero-order valence-corrected chi connectivity index (χ0v) is 17.6. The highest BCUT2D eigenvalue weighted by Gasteiger charge is 2.34. The predicted octanol–water partition coefficient (Wildman–Crippen LogP) is 2.70. The number of phenols is 2. The number of thiophene rings is 1. The standard InChI is InChI=1S/C19H16N2O5S3/c1-20(9-15(24)11-4-5-13(22)14(23)7-11)17(25)10-21-18(26)16(29-19(21)27)8-12-3-2-6-28-12/h2-8,22-23H,9-10H2,1H3/b16-8-. The highest BCUT2D eigenvalue weighted by Crippen LogP contribution is 2.33. The van der Waals surface area contributed by atoms with Crippen LogP contribution in [0.2, 0.25) is 0 Å². The van der Waals surface area contributed by atoms with Crippen LogP contribution in [0.1, 0.15) is 15.2 Å². The summed E-state index contributed by atoms with van der Waals surface area (Å²) in [5.41, 5.74) is 0.157. The summed E-state index contributed by atoms with van der Waals surface area (Å²) in [5, 5.41) is 20.7. The van der Waals surface area contributed by atoms with Crippen LogP contribution in [0.5, 0.6) is 11.5 Å². The number of phenolic OH excluding ortho intramolecular Hbond substituents is 2. The van der Waals surface area contributed by atoms with Crippen LogP contribution in [0.25, 0.3) is 6.08 Å². The molecule has 1 fully saturated rings. The number of aromatic hydroxyl groups is 2. The van der Waals surface area contributed by atoms with Crippen LogP contribution in [0.4, 0.5) is 0 Å². The lowest BCUT2D eigenvalue weighted by Gasteiger charge is -2.20. The van der Waals surface area contributed by atoms with Gasteiger partial charge in [0, 0.05) is 17.5 Å². The predicted molar refractivity (Wildman–Crippen MR) is 116 cm³/mol. The van der Waals surface area contributed by atoms with Gasteiger partial charge in [0.1, 0.15) is 10.9 Å². The summed E-state index contributed by atoms with van der Waals surface area (Å²) in [5.74, 6) is -1.96. The summed E-state index contributed by atoms with van der Waals surface area (Å²) in [7, 11) is 1.44. The van der Waals surface area contributed by atoms with Gasteiger partial charge in [-0.05, 0) is 35.7 Å². The van der Waals surface area contributed by atoms with Gasteiger partial charge < -0.3 is 15.1 Å². The van der Waals surface area contributed by atoms with Crippen LogP contribution in [-0.4, -0.2) is 62.1 Å². The van der Waals surface area contributed by atoms with E-state index >= 15 is 0 Å². The molecule has 1 aliphatic heterocycles. The van der Waals surface area contributed by atoms with Gasteiger partial charge in [-0.3, -0.25) is 19.3 Å². The third-order valence-electron chi connectivity index (χ3n) is 4.09. The van der Waals surface area contributed by atoms with Crippen molar-refractivity contribution in [1.29, 1.82) is 0 Å². The summed E-state index contributed by atoms with van der Waals surface area (Å²) < 4.78 is 0.286. The summed E-state index contributed by atoms with van der Waals surface area (Å²) in [4.78, 5) is 41.2. The Hall–Kier alpha value is -2.69. The third kappa shape index (κ3) is 4.84. The van der Waals surface area contributed by atoms with Crippen molar-refractivity contribution < 1.29 is 24.6 Å². The van der Waals surface area contributed by atoms with Crippen molar-refractivity contribution in [2.75, 3.05) is 20.1 Å². The Balaban J connectivity index is 1.63. The Morgan fingerprint density at radius 3 is 2.66 bits per heavy atom. The number of Topliss-reactive ketones (excluding diaryl/α,β-unsaturated/α-hetero) is 1. The van der Waals surface area contributed by atoms with E-state index in [4.69, 9.17) is 12.2 Å². The number of benzene rings is 1. The van der Waals surface area contributed by atoms with Gasteiger partial charge in [0.25, 0.3) is 5.91 Å². The molecule has 2 N–H and O–H groups in total. The van der Waals surface area contributed by atoms with Crippen LogP contribution < -0.4 is 0 Å². The monoisotopic (exact) mass is 448 g/mol. The number of thioether (sulfide) groups is 1. The van der Waals surface area contributed by atoms with E-state index in [1.807, 2.05) is 17.5 Å². The van der Waals surface area contributed by atoms with Crippen molar-refractivity contribution >= 4 is 63.3 Å². The van der Waals surface area contributed by atoms with Crippen molar-refractivity contribution in [2.45, 2.75) is 0 Å². The van der Waals surface area contributed by atoms with Crippen LogP contribution >= 0.6 is 35.3 Å². The average molecular weight is 449 g/mol. The lowest BCUT2D eigenvalue weighted by Crippen LogP contribution is -2.42. The number of likely N-dealkylation sites (N-methyl/N-ethyl adjacent to an activating group) is 1. The second kappa shape index (κ2) is 8.76. The quantitative estimate of drug-likeness (QED) is 0.303. The van der Waals surface area contributed by atoms with Crippen LogP contribution in [0, 0.1) is 0 Å². The molecule has 0 bridgehead atoms. The Morgan fingerprint density at radius 2 is 2.00 bits per heavy atom. The summed E-state index contributed by atoms with van der Waals surface area (Å²) in [6.45, 7) is -0.514. The van der Waals surface area contributed by atoms with E-state index in [1.54, 1.807) is 6.08 Å². The second-order valence-electron chi connectivity index (χ2n) is 6.16. The smallest absolute Gasteiger partial charge is 0.266 e. The number of thiocarbonyl (C=S) groups is 1. The Labute approximate surface area is 180 Å². The molecule has 2 aromatic rings. The van der Waals surface area contributed by atoms with E-state index < -0.39 is 17.4 Å². The van der Waals surface area contributed by atoms with Crippen LogP contribution in [-0.2, 0) is 9.59 Å². The van der Waals surface area contributed by atoms with Gasteiger partial charge in [0.15, 0.2) is 17.3 Å². The molecule has 0 unspecified atom stereocenters. The Bertz CT molecular complexity index is 1020. The Morgan fingerprint density at radius 1 is 1.24 bits per heavy atom. The number of ketones is 1. The van der Waals surface area contributed by atoms with Crippen LogP contribution in [0.15, 0.2) is 40.6 Å². The van der Waals surface area contributed by atoms with Gasteiger partial charge in [0.05, 0.1) is 11.4 Å². The van der Waals surface area contributed by atoms with Gasteiger partial charge >= 0.3 is 0 Å². The van der Waals surface area contributed by atoms with Gasteiger partial charge in [-0.2, -0.15) is 0 Å². The van der Waals surface area contributed by atoms with E-state index in [1.165, 1.54) is 40.3 Å². The SMILES string of the molecule is CN(CC(=O)c1ccc(O)c(O)c1)C(=O)CN1C(=O)/C(=C/c2cccs2)SC1=S. The first-order chi connectivity index (χ1) is 13.8. The lowest BCUT2D eigenvalue weighted by molar-refractivity contribution is -0.134. The van der Waals surface area contributed by atoms with Crippen LogP contribution in [0.3, 0.4) is 0 Å². The van der Waals surface area contributed by atoms with Crippen molar-refractivity contribution in [3.63, 3.8) is 0 Å². The largest absolute Gasteiger partial charge is 0.504 e.